The molecule has 0 bridgehead atoms. The molecule has 0 N–H and O–H groups in total. The monoisotopic (exact) mass is 897 g/mol. The predicted molar refractivity (Wildman–Crippen MR) is 275 cm³/mol. The number of esters is 3. The van der Waals surface area contributed by atoms with E-state index in [-0.39, 0.29) is 31.1 Å². The Labute approximate surface area is 397 Å². The standard InChI is InChI=1S/C58H104O6/c1-4-7-10-13-16-19-22-25-28-29-30-31-34-36-39-42-45-48-51-57(60)63-54-55(64-58(61)52-49-46-43-40-37-33-27-24-21-18-15-12-9-6-3)53-62-56(59)50-47-44-41-38-35-32-26-23-20-17-14-11-8-5-2/h9,12,18,21,27,32-33,35,55H,4-8,10-11,13-17,19-20,22-26,28-31,34,36-54H2,1-3H3/b12-9-,21-18-,33-27-,35-32-. The number of allylic oxidation sites excluding steroid dienone is 8. The Bertz CT molecular complexity index is 1120. The summed E-state index contributed by atoms with van der Waals surface area (Å²) in [6.45, 7) is 6.52. The third-order valence-electron chi connectivity index (χ3n) is 12.1. The Morgan fingerprint density at radius 1 is 0.328 bits per heavy atom. The maximum Gasteiger partial charge on any atom is 0.306 e. The van der Waals surface area contributed by atoms with Crippen LogP contribution in [0.3, 0.4) is 0 Å². The number of unbranched alkanes of at least 4 members (excludes halogenated alkanes) is 31. The van der Waals surface area contributed by atoms with Gasteiger partial charge in [0.05, 0.1) is 0 Å². The summed E-state index contributed by atoms with van der Waals surface area (Å²) in [6, 6.07) is 0. The van der Waals surface area contributed by atoms with Crippen molar-refractivity contribution in [3.63, 3.8) is 0 Å². The zero-order valence-electron chi connectivity index (χ0n) is 42.6. The van der Waals surface area contributed by atoms with Crippen molar-refractivity contribution in [2.75, 3.05) is 13.2 Å². The number of hydrogen-bond acceptors (Lipinski definition) is 6. The van der Waals surface area contributed by atoms with E-state index in [9.17, 15) is 14.4 Å². The van der Waals surface area contributed by atoms with Crippen molar-refractivity contribution in [1.82, 2.24) is 0 Å². The summed E-state index contributed by atoms with van der Waals surface area (Å²) < 4.78 is 16.8. The van der Waals surface area contributed by atoms with Gasteiger partial charge in [0.25, 0.3) is 0 Å². The molecule has 0 radical (unpaired) electrons. The minimum atomic E-state index is -0.788. The molecule has 64 heavy (non-hydrogen) atoms. The summed E-state index contributed by atoms with van der Waals surface area (Å²) in [4.78, 5) is 38.0. The Morgan fingerprint density at radius 3 is 0.984 bits per heavy atom. The first kappa shape index (κ1) is 61.4. The third-order valence-corrected chi connectivity index (χ3v) is 12.1. The molecule has 0 amide bonds. The van der Waals surface area contributed by atoms with Crippen LogP contribution in [0.4, 0.5) is 0 Å². The molecule has 0 aromatic heterocycles. The average molecular weight is 897 g/mol. The van der Waals surface area contributed by atoms with Gasteiger partial charge in [0.15, 0.2) is 6.10 Å². The van der Waals surface area contributed by atoms with E-state index in [4.69, 9.17) is 14.2 Å². The molecule has 0 aliphatic rings. The van der Waals surface area contributed by atoms with Crippen molar-refractivity contribution in [3.05, 3.63) is 48.6 Å². The lowest BCUT2D eigenvalue weighted by atomic mass is 10.0. The van der Waals surface area contributed by atoms with E-state index in [0.29, 0.717) is 19.3 Å². The molecule has 0 aromatic rings. The Morgan fingerprint density at radius 2 is 0.609 bits per heavy atom. The number of rotatable bonds is 50. The maximum atomic E-state index is 12.8. The van der Waals surface area contributed by atoms with Gasteiger partial charge in [-0.25, -0.2) is 0 Å². The van der Waals surface area contributed by atoms with Gasteiger partial charge in [0.1, 0.15) is 13.2 Å². The van der Waals surface area contributed by atoms with E-state index in [1.807, 2.05) is 0 Å². The van der Waals surface area contributed by atoms with Crippen LogP contribution < -0.4 is 0 Å². The number of carbonyl (C=O) groups is 3. The first-order valence-corrected chi connectivity index (χ1v) is 27.6. The predicted octanol–water partition coefficient (Wildman–Crippen LogP) is 18.3. The molecule has 0 saturated heterocycles. The van der Waals surface area contributed by atoms with E-state index < -0.39 is 6.10 Å². The van der Waals surface area contributed by atoms with Crippen LogP contribution in [0.2, 0.25) is 0 Å². The zero-order valence-corrected chi connectivity index (χ0v) is 42.6. The van der Waals surface area contributed by atoms with Gasteiger partial charge in [-0.1, -0.05) is 236 Å². The van der Waals surface area contributed by atoms with Gasteiger partial charge in [0, 0.05) is 19.3 Å². The Hall–Kier alpha value is -2.63. The van der Waals surface area contributed by atoms with Crippen molar-refractivity contribution in [2.24, 2.45) is 0 Å². The highest BCUT2D eigenvalue weighted by molar-refractivity contribution is 5.71. The second kappa shape index (κ2) is 53.0. The molecule has 1 unspecified atom stereocenters. The van der Waals surface area contributed by atoms with Crippen LogP contribution in [0.15, 0.2) is 48.6 Å². The maximum absolute atomic E-state index is 12.8. The zero-order chi connectivity index (χ0) is 46.5. The number of ether oxygens (including phenoxy) is 3. The molecule has 6 nitrogen and oxygen atoms in total. The van der Waals surface area contributed by atoms with Crippen molar-refractivity contribution in [1.29, 1.82) is 0 Å². The molecular weight excluding hydrogens is 793 g/mol. The highest BCUT2D eigenvalue weighted by atomic mass is 16.6. The fourth-order valence-electron chi connectivity index (χ4n) is 7.92. The van der Waals surface area contributed by atoms with E-state index in [0.717, 1.165) is 103 Å². The molecule has 0 fully saturated rings. The van der Waals surface area contributed by atoms with E-state index in [1.54, 1.807) is 0 Å². The second-order valence-corrected chi connectivity index (χ2v) is 18.5. The van der Waals surface area contributed by atoms with Gasteiger partial charge in [0.2, 0.25) is 0 Å². The molecule has 6 heteroatoms. The van der Waals surface area contributed by atoms with Crippen molar-refractivity contribution in [3.8, 4) is 0 Å². The van der Waals surface area contributed by atoms with Gasteiger partial charge >= 0.3 is 17.9 Å². The lowest BCUT2D eigenvalue weighted by Crippen LogP contribution is -2.30. The molecule has 0 spiro atoms. The minimum absolute atomic E-state index is 0.0843. The molecule has 0 rings (SSSR count). The Kier molecular flexibility index (Phi) is 50.8. The number of hydrogen-bond donors (Lipinski definition) is 0. The van der Waals surface area contributed by atoms with E-state index in [1.165, 1.54) is 141 Å². The molecule has 0 aliphatic carbocycles. The van der Waals surface area contributed by atoms with Crippen LogP contribution in [-0.4, -0.2) is 37.2 Å². The highest BCUT2D eigenvalue weighted by Crippen LogP contribution is 2.16. The largest absolute Gasteiger partial charge is 0.462 e. The fraction of sp³-hybridized carbons (Fsp3) is 0.810. The Balaban J connectivity index is 4.37. The summed E-state index contributed by atoms with van der Waals surface area (Å²) in [5, 5.41) is 0. The van der Waals surface area contributed by atoms with E-state index >= 15 is 0 Å². The topological polar surface area (TPSA) is 78.9 Å². The van der Waals surface area contributed by atoms with Crippen LogP contribution in [0.25, 0.3) is 0 Å². The average Bonchev–Trinajstić information content (AvgIpc) is 3.29. The van der Waals surface area contributed by atoms with Crippen LogP contribution in [0, 0.1) is 0 Å². The summed E-state index contributed by atoms with van der Waals surface area (Å²) in [5.41, 5.74) is 0. The molecule has 372 valence electrons. The first-order chi connectivity index (χ1) is 31.5. The third kappa shape index (κ3) is 50.4. The molecular formula is C58H104O6. The molecule has 0 aliphatic heterocycles. The van der Waals surface area contributed by atoms with Gasteiger partial charge in [-0.05, 0) is 77.0 Å². The molecule has 1 atom stereocenters. The normalized spacial score (nSPS) is 12.4. The fourth-order valence-corrected chi connectivity index (χ4v) is 7.92. The van der Waals surface area contributed by atoms with Crippen molar-refractivity contribution in [2.45, 2.75) is 290 Å². The van der Waals surface area contributed by atoms with Crippen molar-refractivity contribution >= 4 is 17.9 Å². The quantitative estimate of drug-likeness (QED) is 0.0262. The van der Waals surface area contributed by atoms with Gasteiger partial charge in [-0.3, -0.25) is 14.4 Å². The van der Waals surface area contributed by atoms with Crippen LogP contribution in [-0.2, 0) is 28.6 Å². The number of carbonyl (C=O) groups excluding carboxylic acids is 3. The second-order valence-electron chi connectivity index (χ2n) is 18.5. The molecule has 0 heterocycles. The van der Waals surface area contributed by atoms with E-state index in [2.05, 4.69) is 69.4 Å². The summed E-state index contributed by atoms with van der Waals surface area (Å²) in [7, 11) is 0. The summed E-state index contributed by atoms with van der Waals surface area (Å²) in [5.74, 6) is -0.912. The lowest BCUT2D eigenvalue weighted by molar-refractivity contribution is -0.167. The summed E-state index contributed by atoms with van der Waals surface area (Å²) >= 11 is 0. The lowest BCUT2D eigenvalue weighted by Gasteiger charge is -2.18. The van der Waals surface area contributed by atoms with Crippen molar-refractivity contribution < 1.29 is 28.6 Å². The van der Waals surface area contributed by atoms with Crippen LogP contribution >= 0.6 is 0 Å². The SMILES string of the molecule is CC/C=C\C/C=C\C/C=C\CCCCCCC(=O)OC(COC(=O)CCCCC/C=C\CCCCCCCCC)COC(=O)CCCCCCCCCCCCCCCCCCCC. The molecule has 0 aromatic carbocycles. The van der Waals surface area contributed by atoms with Gasteiger partial charge in [-0.15, -0.1) is 0 Å². The van der Waals surface area contributed by atoms with Gasteiger partial charge in [-0.2, -0.15) is 0 Å². The molecule has 0 saturated carbocycles. The first-order valence-electron chi connectivity index (χ1n) is 27.6. The highest BCUT2D eigenvalue weighted by Gasteiger charge is 2.19. The van der Waals surface area contributed by atoms with Gasteiger partial charge < -0.3 is 14.2 Å². The van der Waals surface area contributed by atoms with Crippen LogP contribution in [0.1, 0.15) is 284 Å². The summed E-state index contributed by atoms with van der Waals surface area (Å²) in [6.07, 6.45) is 63.9. The smallest absolute Gasteiger partial charge is 0.306 e. The van der Waals surface area contributed by atoms with Crippen LogP contribution in [0.5, 0.6) is 0 Å². The minimum Gasteiger partial charge on any atom is -0.462 e.